The third-order valence-electron chi connectivity index (χ3n) is 8.03. The number of benzene rings is 3. The zero-order valence-electron chi connectivity index (χ0n) is 22.3. The molecular weight excluding hydrogens is 549 g/mol. The minimum Gasteiger partial charge on any atom is -0.382 e. The molecule has 6 rings (SSSR count). The number of nitrogens with one attached hydrogen (secondary N) is 2. The minimum atomic E-state index is -4.55. The summed E-state index contributed by atoms with van der Waals surface area (Å²) in [5, 5.41) is 7.52. The van der Waals surface area contributed by atoms with Gasteiger partial charge in [0.15, 0.2) is 0 Å². The van der Waals surface area contributed by atoms with E-state index in [0.717, 1.165) is 49.7 Å². The Bertz CT molecular complexity index is 1570. The van der Waals surface area contributed by atoms with E-state index in [4.69, 9.17) is 11.6 Å². The zero-order valence-corrected chi connectivity index (χ0v) is 23.1. The van der Waals surface area contributed by atoms with Crippen LogP contribution in [0.1, 0.15) is 58.4 Å². The number of halogens is 4. The Kier molecular flexibility index (Phi) is 7.62. The zero-order chi connectivity index (χ0) is 28.6. The summed E-state index contributed by atoms with van der Waals surface area (Å²) in [5.74, 6) is -0.0654. The molecule has 2 heterocycles. The van der Waals surface area contributed by atoms with E-state index in [0.29, 0.717) is 28.9 Å². The first kappa shape index (κ1) is 27.5. The molecule has 1 fully saturated rings. The maximum absolute atomic E-state index is 13.5. The van der Waals surface area contributed by atoms with Crippen LogP contribution in [-0.2, 0) is 25.8 Å². The molecule has 0 unspecified atom stereocenters. The Morgan fingerprint density at radius 3 is 2.44 bits per heavy atom. The number of fused-ring (bicyclic) bond motifs is 2. The number of rotatable bonds is 6. The number of amides is 1. The Morgan fingerprint density at radius 2 is 1.68 bits per heavy atom. The number of aromatic nitrogens is 1. The Labute approximate surface area is 241 Å². The molecule has 0 atom stereocenters. The van der Waals surface area contributed by atoms with Gasteiger partial charge in [0.05, 0.1) is 5.52 Å². The highest BCUT2D eigenvalue weighted by molar-refractivity contribution is 6.31. The molecular formula is C32H30ClF3N4O. The topological polar surface area (TPSA) is 57.3 Å². The lowest BCUT2D eigenvalue weighted by molar-refractivity contribution is -0.140. The van der Waals surface area contributed by atoms with Crippen molar-refractivity contribution in [1.29, 1.82) is 0 Å². The van der Waals surface area contributed by atoms with Gasteiger partial charge in [0.25, 0.3) is 5.91 Å². The average Bonchev–Trinajstić information content (AvgIpc) is 3.36. The molecule has 41 heavy (non-hydrogen) atoms. The molecule has 0 radical (unpaired) electrons. The predicted octanol–water partition coefficient (Wildman–Crippen LogP) is 7.58. The smallest absolute Gasteiger partial charge is 0.382 e. The van der Waals surface area contributed by atoms with Gasteiger partial charge in [0.2, 0.25) is 0 Å². The van der Waals surface area contributed by atoms with Gasteiger partial charge in [-0.15, -0.1) is 0 Å². The lowest BCUT2D eigenvalue weighted by Crippen LogP contribution is -2.40. The van der Waals surface area contributed by atoms with Crippen LogP contribution in [-0.4, -0.2) is 27.9 Å². The van der Waals surface area contributed by atoms with Crippen LogP contribution in [0.15, 0.2) is 72.8 Å². The Morgan fingerprint density at radius 1 is 0.927 bits per heavy atom. The molecule has 1 aliphatic carbocycles. The minimum absolute atomic E-state index is 0.00703. The molecule has 5 nitrogen and oxygen atoms in total. The molecule has 0 spiro atoms. The van der Waals surface area contributed by atoms with Crippen LogP contribution in [0.25, 0.3) is 10.9 Å². The van der Waals surface area contributed by atoms with Crippen molar-refractivity contribution in [2.75, 3.05) is 5.32 Å². The molecule has 2 aliphatic rings. The predicted molar refractivity (Wildman–Crippen MR) is 155 cm³/mol. The summed E-state index contributed by atoms with van der Waals surface area (Å²) < 4.78 is 40.5. The van der Waals surface area contributed by atoms with E-state index in [-0.39, 0.29) is 23.5 Å². The van der Waals surface area contributed by atoms with E-state index in [1.54, 1.807) is 6.07 Å². The van der Waals surface area contributed by atoms with Gasteiger partial charge >= 0.3 is 6.18 Å². The van der Waals surface area contributed by atoms with E-state index in [2.05, 4.69) is 38.7 Å². The van der Waals surface area contributed by atoms with E-state index in [1.165, 1.54) is 23.3 Å². The Balaban J connectivity index is 1.09. The standard InChI is InChI=1S/C32H30ClF3N4O/c33-22-9-14-28-26(15-22)29(16-30(39-28)32(34,35)36)37-23-10-12-24(13-11-23)38-31(41)25-8-4-7-21-18-40(19-27(21)25)17-20-5-2-1-3-6-20/h1-9,14-16,23-24H,10-13,17-19H2,(H,37,39)(H,38,41)/t23-,24+. The molecule has 0 saturated heterocycles. The molecule has 1 aromatic heterocycles. The number of anilines is 1. The van der Waals surface area contributed by atoms with Gasteiger partial charge in [-0.1, -0.05) is 54.1 Å². The number of carbonyl (C=O) groups is 1. The summed E-state index contributed by atoms with van der Waals surface area (Å²) >= 11 is 6.14. The second-order valence-electron chi connectivity index (χ2n) is 11.0. The number of hydrogen-bond acceptors (Lipinski definition) is 4. The number of pyridine rings is 1. The van der Waals surface area contributed by atoms with Gasteiger partial charge in [-0.3, -0.25) is 9.69 Å². The molecule has 1 saturated carbocycles. The molecule has 1 amide bonds. The third-order valence-corrected chi connectivity index (χ3v) is 8.26. The van der Waals surface area contributed by atoms with Crippen LogP contribution in [0.3, 0.4) is 0 Å². The first-order valence-corrected chi connectivity index (χ1v) is 14.2. The van der Waals surface area contributed by atoms with E-state index < -0.39 is 11.9 Å². The van der Waals surface area contributed by atoms with Crippen molar-refractivity contribution in [2.45, 2.75) is 63.6 Å². The normalized spacial score (nSPS) is 19.2. The fraction of sp³-hybridized carbons (Fsp3) is 0.312. The number of nitrogens with zero attached hydrogens (tertiary/aromatic N) is 2. The van der Waals surface area contributed by atoms with Crippen molar-refractivity contribution in [3.05, 3.63) is 106 Å². The summed E-state index contributed by atoms with van der Waals surface area (Å²) in [6.45, 7) is 2.37. The van der Waals surface area contributed by atoms with Crippen LogP contribution in [0.4, 0.5) is 18.9 Å². The summed E-state index contributed by atoms with van der Waals surface area (Å²) in [4.78, 5) is 19.5. The molecule has 3 aromatic carbocycles. The van der Waals surface area contributed by atoms with Gasteiger partial charge in [0, 0.05) is 53.4 Å². The fourth-order valence-corrected chi connectivity index (χ4v) is 6.16. The second-order valence-corrected chi connectivity index (χ2v) is 11.4. The molecule has 0 bridgehead atoms. The van der Waals surface area contributed by atoms with Gasteiger partial charge in [-0.05, 0) is 72.7 Å². The van der Waals surface area contributed by atoms with Crippen molar-refractivity contribution in [1.82, 2.24) is 15.2 Å². The van der Waals surface area contributed by atoms with Crippen molar-refractivity contribution >= 4 is 34.1 Å². The second kappa shape index (κ2) is 11.3. The van der Waals surface area contributed by atoms with Crippen LogP contribution in [0.2, 0.25) is 5.02 Å². The summed E-state index contributed by atoms with van der Waals surface area (Å²) in [6, 6.07) is 22.0. The Hall–Kier alpha value is -3.62. The van der Waals surface area contributed by atoms with Gasteiger partial charge in [-0.25, -0.2) is 4.98 Å². The maximum Gasteiger partial charge on any atom is 0.433 e. The van der Waals surface area contributed by atoms with Crippen LogP contribution < -0.4 is 10.6 Å². The van der Waals surface area contributed by atoms with Crippen LogP contribution in [0, 0.1) is 0 Å². The molecule has 2 N–H and O–H groups in total. The van der Waals surface area contributed by atoms with Crippen molar-refractivity contribution in [3.63, 3.8) is 0 Å². The largest absolute Gasteiger partial charge is 0.433 e. The SMILES string of the molecule is O=C(N[C@H]1CC[C@@H](Nc2cc(C(F)(F)F)nc3ccc(Cl)cc23)CC1)c1cccc2c1CN(Cc1ccccc1)C2. The summed E-state index contributed by atoms with van der Waals surface area (Å²) in [6.07, 6.45) is -1.66. The van der Waals surface area contributed by atoms with Gasteiger partial charge < -0.3 is 10.6 Å². The number of hydrogen-bond donors (Lipinski definition) is 2. The highest BCUT2D eigenvalue weighted by atomic mass is 35.5. The highest BCUT2D eigenvalue weighted by Crippen LogP contribution is 2.35. The molecule has 9 heteroatoms. The molecule has 4 aromatic rings. The van der Waals surface area contributed by atoms with Crippen molar-refractivity contribution in [3.8, 4) is 0 Å². The quantitative estimate of drug-likeness (QED) is 0.248. The number of carbonyl (C=O) groups excluding carboxylic acids is 1. The van der Waals surface area contributed by atoms with E-state index >= 15 is 0 Å². The monoisotopic (exact) mass is 578 g/mol. The average molecular weight is 579 g/mol. The van der Waals surface area contributed by atoms with Crippen LogP contribution >= 0.6 is 11.6 Å². The first-order chi connectivity index (χ1) is 19.7. The highest BCUT2D eigenvalue weighted by Gasteiger charge is 2.34. The summed E-state index contributed by atoms with van der Waals surface area (Å²) in [7, 11) is 0. The van der Waals surface area contributed by atoms with E-state index in [1.807, 2.05) is 30.3 Å². The van der Waals surface area contributed by atoms with Crippen molar-refractivity contribution in [2.24, 2.45) is 0 Å². The first-order valence-electron chi connectivity index (χ1n) is 13.8. The maximum atomic E-state index is 13.5. The molecule has 1 aliphatic heterocycles. The molecule has 212 valence electrons. The lowest BCUT2D eigenvalue weighted by Gasteiger charge is -2.31. The van der Waals surface area contributed by atoms with Crippen LogP contribution in [0.5, 0.6) is 0 Å². The third kappa shape index (κ3) is 6.19. The van der Waals surface area contributed by atoms with Crippen molar-refractivity contribution < 1.29 is 18.0 Å². The van der Waals surface area contributed by atoms with Gasteiger partial charge in [0.1, 0.15) is 5.69 Å². The number of alkyl halides is 3. The lowest BCUT2D eigenvalue weighted by atomic mass is 9.90. The summed E-state index contributed by atoms with van der Waals surface area (Å²) in [5.41, 5.74) is 3.91. The van der Waals surface area contributed by atoms with Gasteiger partial charge in [-0.2, -0.15) is 13.2 Å². The van der Waals surface area contributed by atoms with E-state index in [9.17, 15) is 18.0 Å². The fourth-order valence-electron chi connectivity index (χ4n) is 5.98.